The van der Waals surface area contributed by atoms with Gasteiger partial charge in [0.25, 0.3) is 11.8 Å². The summed E-state index contributed by atoms with van der Waals surface area (Å²) < 4.78 is 27.6. The number of benzene rings is 3. The summed E-state index contributed by atoms with van der Waals surface area (Å²) in [4.78, 5) is 34.6. The summed E-state index contributed by atoms with van der Waals surface area (Å²) in [5, 5.41) is 12.7. The second-order valence-corrected chi connectivity index (χ2v) is 10.1. The fourth-order valence-corrected chi connectivity index (χ4v) is 4.76. The molecule has 5 N–H and O–H groups in total. The molecule has 46 heavy (non-hydrogen) atoms. The van der Waals surface area contributed by atoms with Crippen LogP contribution in [-0.2, 0) is 16.6 Å². The maximum atomic E-state index is 13.6. The molecular formula is C33H27FN8O4. The van der Waals surface area contributed by atoms with Gasteiger partial charge in [-0.15, -0.1) is 0 Å². The molecule has 0 bridgehead atoms. The number of rotatable bonds is 9. The highest BCUT2D eigenvalue weighted by atomic mass is 19.1. The Balaban J connectivity index is 1.26. The van der Waals surface area contributed by atoms with Gasteiger partial charge in [-0.1, -0.05) is 18.2 Å². The Labute approximate surface area is 261 Å². The predicted octanol–water partition coefficient (Wildman–Crippen LogP) is 5.48. The van der Waals surface area contributed by atoms with Crippen LogP contribution < -0.4 is 26.4 Å². The van der Waals surface area contributed by atoms with E-state index in [1.165, 1.54) is 30.7 Å². The number of nitrogens with two attached hydrogens (primary N) is 1. The number of nitrogen functional groups attached to an aromatic ring is 1. The van der Waals surface area contributed by atoms with Crippen LogP contribution in [0, 0.1) is 5.82 Å². The Morgan fingerprint density at radius 1 is 0.957 bits per heavy atom. The number of hydrogen-bond acceptors (Lipinski definition) is 9. The van der Waals surface area contributed by atoms with Crippen molar-refractivity contribution in [1.29, 1.82) is 0 Å². The first-order chi connectivity index (χ1) is 22.3. The van der Waals surface area contributed by atoms with E-state index in [1.54, 1.807) is 48.3 Å². The molecule has 0 saturated carbocycles. The number of fused-ring (bicyclic) bond motifs is 1. The molecule has 0 aliphatic heterocycles. The highest BCUT2D eigenvalue weighted by Gasteiger charge is 2.24. The molecule has 0 radical (unpaired) electrons. The number of furan rings is 1. The quantitative estimate of drug-likeness (QED) is 0.0711. The van der Waals surface area contributed by atoms with Gasteiger partial charge in [-0.3, -0.25) is 14.3 Å². The minimum absolute atomic E-state index is 0.212. The van der Waals surface area contributed by atoms with Crippen LogP contribution in [-0.4, -0.2) is 38.6 Å². The highest BCUT2D eigenvalue weighted by Crippen LogP contribution is 2.44. The van der Waals surface area contributed by atoms with E-state index in [9.17, 15) is 14.0 Å². The van der Waals surface area contributed by atoms with Gasteiger partial charge in [0.05, 0.1) is 11.8 Å². The lowest BCUT2D eigenvalue weighted by Crippen LogP contribution is -2.26. The van der Waals surface area contributed by atoms with E-state index in [4.69, 9.17) is 14.9 Å². The molecule has 0 fully saturated rings. The first-order valence-corrected chi connectivity index (χ1v) is 13.9. The summed E-state index contributed by atoms with van der Waals surface area (Å²) in [6, 6.07) is 19.2. The average molecular weight is 619 g/mol. The second kappa shape index (κ2) is 12.6. The minimum atomic E-state index is -0.716. The Bertz CT molecular complexity index is 2100. The summed E-state index contributed by atoms with van der Waals surface area (Å²) in [7, 11) is 3.36. The Kier molecular flexibility index (Phi) is 8.11. The smallest absolute Gasteiger partial charge is 0.262 e. The topological polar surface area (TPSA) is 162 Å². The van der Waals surface area contributed by atoms with Crippen molar-refractivity contribution in [2.75, 3.05) is 23.4 Å². The summed E-state index contributed by atoms with van der Waals surface area (Å²) in [5.41, 5.74) is 9.60. The van der Waals surface area contributed by atoms with Gasteiger partial charge < -0.3 is 30.8 Å². The zero-order valence-corrected chi connectivity index (χ0v) is 24.6. The Morgan fingerprint density at radius 3 is 2.41 bits per heavy atom. The van der Waals surface area contributed by atoms with Crippen molar-refractivity contribution in [3.63, 3.8) is 0 Å². The van der Waals surface area contributed by atoms with E-state index in [0.717, 1.165) is 17.2 Å². The van der Waals surface area contributed by atoms with Crippen molar-refractivity contribution >= 4 is 40.0 Å². The fraction of sp³-hybridized carbons (Fsp3) is 0.0606. The highest BCUT2D eigenvalue weighted by molar-refractivity contribution is 6.26. The first-order valence-electron chi connectivity index (χ1n) is 13.9. The summed E-state index contributed by atoms with van der Waals surface area (Å²) >= 11 is 0. The molecule has 2 amide bonds. The lowest BCUT2D eigenvalue weighted by atomic mass is 10.0. The van der Waals surface area contributed by atoms with Crippen molar-refractivity contribution in [3.05, 3.63) is 109 Å². The molecule has 13 heteroatoms. The standard InChI is InChI=1S/C33H27FN8O4/c1-36-16-26(31(44)41-24-8-4-6-21(34)14-24)30(43)40-23-9-11-25(12-10-23)45-32-28-27(19-5-3-7-22(35)13-19)29(20-15-39-42(2)17-20)46-33(28)38-18-37-32/h3-18,36H,35H2,1-2H3,(H,40,43)(H,41,44)/b26-16-. The number of carbonyl (C=O) groups excluding carboxylic acids is 2. The SMILES string of the molecule is CN/C=C(/C(=O)Nc1ccc(Oc2ncnc3oc(-c4cnn(C)c4)c(-c4cccc(N)c4)c23)cc1)C(=O)Nc1cccc(F)c1. The summed E-state index contributed by atoms with van der Waals surface area (Å²) in [6.45, 7) is 0. The molecule has 6 rings (SSSR count). The van der Waals surface area contributed by atoms with Crippen molar-refractivity contribution in [2.24, 2.45) is 7.05 Å². The van der Waals surface area contributed by atoms with Crippen LogP contribution in [0.5, 0.6) is 11.6 Å². The van der Waals surface area contributed by atoms with Crippen LogP contribution in [0.15, 0.2) is 108 Å². The molecule has 3 heterocycles. The third-order valence-electron chi connectivity index (χ3n) is 6.78. The third kappa shape index (κ3) is 6.24. The molecule has 230 valence electrons. The second-order valence-electron chi connectivity index (χ2n) is 10.1. The predicted molar refractivity (Wildman–Crippen MR) is 171 cm³/mol. The van der Waals surface area contributed by atoms with Gasteiger partial charge in [-0.2, -0.15) is 5.10 Å². The number of nitrogens with zero attached hydrogens (tertiary/aromatic N) is 4. The number of carbonyl (C=O) groups is 2. The number of ether oxygens (including phenoxy) is 1. The summed E-state index contributed by atoms with van der Waals surface area (Å²) in [6.07, 6.45) is 6.12. The lowest BCUT2D eigenvalue weighted by Gasteiger charge is -2.11. The fourth-order valence-electron chi connectivity index (χ4n) is 4.76. The average Bonchev–Trinajstić information content (AvgIpc) is 3.65. The van der Waals surface area contributed by atoms with E-state index < -0.39 is 17.6 Å². The maximum Gasteiger partial charge on any atom is 0.262 e. The molecule has 0 unspecified atom stereocenters. The molecular weight excluding hydrogens is 591 g/mol. The van der Waals surface area contributed by atoms with Crippen LogP contribution in [0.1, 0.15) is 0 Å². The minimum Gasteiger partial charge on any atom is -0.438 e. The molecule has 0 saturated heterocycles. The number of hydrogen-bond donors (Lipinski definition) is 4. The van der Waals surface area contributed by atoms with Crippen LogP contribution in [0.4, 0.5) is 21.5 Å². The molecule has 0 spiro atoms. The first kappa shape index (κ1) is 29.6. The zero-order chi connectivity index (χ0) is 32.2. The number of amides is 2. The van der Waals surface area contributed by atoms with Gasteiger partial charge >= 0.3 is 0 Å². The monoisotopic (exact) mass is 618 g/mol. The van der Waals surface area contributed by atoms with Crippen molar-refractivity contribution in [3.8, 4) is 34.1 Å². The van der Waals surface area contributed by atoms with Gasteiger partial charge in [0.2, 0.25) is 11.6 Å². The van der Waals surface area contributed by atoms with Gasteiger partial charge in [-0.05, 0) is 60.2 Å². The zero-order valence-electron chi connectivity index (χ0n) is 24.6. The van der Waals surface area contributed by atoms with E-state index in [0.29, 0.717) is 39.5 Å². The van der Waals surface area contributed by atoms with Gasteiger partial charge in [0, 0.05) is 49.1 Å². The van der Waals surface area contributed by atoms with Crippen molar-refractivity contribution in [1.82, 2.24) is 25.1 Å². The van der Waals surface area contributed by atoms with E-state index >= 15 is 0 Å². The molecule has 0 atom stereocenters. The normalized spacial score (nSPS) is 11.3. The van der Waals surface area contributed by atoms with E-state index in [-0.39, 0.29) is 17.1 Å². The Hall–Kier alpha value is -6.50. The molecule has 0 aliphatic carbocycles. The third-order valence-corrected chi connectivity index (χ3v) is 6.78. The number of anilines is 3. The van der Waals surface area contributed by atoms with Crippen molar-refractivity contribution < 1.29 is 23.1 Å². The Morgan fingerprint density at radius 2 is 1.72 bits per heavy atom. The molecule has 0 aliphatic rings. The van der Waals surface area contributed by atoms with E-state index in [2.05, 4.69) is 31.0 Å². The number of halogens is 1. The van der Waals surface area contributed by atoms with E-state index in [1.807, 2.05) is 31.4 Å². The maximum absolute atomic E-state index is 13.6. The molecule has 3 aromatic heterocycles. The molecule has 3 aromatic carbocycles. The van der Waals surface area contributed by atoms with Crippen LogP contribution in [0.3, 0.4) is 0 Å². The van der Waals surface area contributed by atoms with Gasteiger partial charge in [-0.25, -0.2) is 14.4 Å². The van der Waals surface area contributed by atoms with Crippen molar-refractivity contribution in [2.45, 2.75) is 0 Å². The number of aryl methyl sites for hydroxylation is 1. The lowest BCUT2D eigenvalue weighted by molar-refractivity contribution is -0.118. The number of nitrogens with one attached hydrogen (secondary N) is 3. The van der Waals surface area contributed by atoms with Gasteiger partial charge in [0.15, 0.2) is 0 Å². The summed E-state index contributed by atoms with van der Waals surface area (Å²) in [5.74, 6) is -0.727. The van der Waals surface area contributed by atoms with Crippen LogP contribution >= 0.6 is 0 Å². The van der Waals surface area contributed by atoms with Crippen LogP contribution in [0.25, 0.3) is 33.6 Å². The largest absolute Gasteiger partial charge is 0.438 e. The molecule has 6 aromatic rings. The van der Waals surface area contributed by atoms with Gasteiger partial charge in [0.1, 0.15) is 34.6 Å². The molecule has 12 nitrogen and oxygen atoms in total. The van der Waals surface area contributed by atoms with Crippen LogP contribution in [0.2, 0.25) is 0 Å². The number of aromatic nitrogens is 4.